The SMILES string of the molecule is CCCCOC(=O)Nc1ccc(OCCCC)cc1. The molecule has 0 aliphatic carbocycles. The van der Waals surface area contributed by atoms with Crippen LogP contribution in [-0.4, -0.2) is 19.3 Å². The quantitative estimate of drug-likeness (QED) is 0.716. The Hall–Kier alpha value is -1.71. The molecule has 1 rings (SSSR count). The van der Waals surface area contributed by atoms with Crippen molar-refractivity contribution in [2.24, 2.45) is 0 Å². The summed E-state index contributed by atoms with van der Waals surface area (Å²) < 4.78 is 10.6. The van der Waals surface area contributed by atoms with Crippen molar-refractivity contribution in [3.8, 4) is 5.75 Å². The molecule has 0 aliphatic heterocycles. The van der Waals surface area contributed by atoms with Gasteiger partial charge in [-0.3, -0.25) is 5.32 Å². The Morgan fingerprint density at radius 3 is 2.32 bits per heavy atom. The maximum atomic E-state index is 11.4. The van der Waals surface area contributed by atoms with Gasteiger partial charge in [0.1, 0.15) is 5.75 Å². The van der Waals surface area contributed by atoms with Crippen molar-refractivity contribution in [2.75, 3.05) is 18.5 Å². The van der Waals surface area contributed by atoms with E-state index in [4.69, 9.17) is 9.47 Å². The van der Waals surface area contributed by atoms with Crippen LogP contribution in [0.5, 0.6) is 5.75 Å². The molecule has 19 heavy (non-hydrogen) atoms. The number of carbonyl (C=O) groups is 1. The number of anilines is 1. The molecule has 0 heterocycles. The number of benzene rings is 1. The number of carbonyl (C=O) groups excluding carboxylic acids is 1. The van der Waals surface area contributed by atoms with Crippen molar-refractivity contribution in [2.45, 2.75) is 39.5 Å². The van der Waals surface area contributed by atoms with Crippen LogP contribution >= 0.6 is 0 Å². The lowest BCUT2D eigenvalue weighted by molar-refractivity contribution is 0.160. The zero-order chi connectivity index (χ0) is 13.9. The molecular weight excluding hydrogens is 242 g/mol. The summed E-state index contributed by atoms with van der Waals surface area (Å²) in [5.74, 6) is 0.818. The van der Waals surface area contributed by atoms with E-state index >= 15 is 0 Å². The molecule has 0 radical (unpaired) electrons. The van der Waals surface area contributed by atoms with Gasteiger partial charge < -0.3 is 9.47 Å². The highest BCUT2D eigenvalue weighted by Gasteiger charge is 2.02. The molecule has 0 spiro atoms. The first kappa shape index (κ1) is 15.3. The second-order valence-corrected chi connectivity index (χ2v) is 4.34. The van der Waals surface area contributed by atoms with Crippen LogP contribution in [0.15, 0.2) is 24.3 Å². The fraction of sp³-hybridized carbons (Fsp3) is 0.533. The summed E-state index contributed by atoms with van der Waals surface area (Å²) >= 11 is 0. The van der Waals surface area contributed by atoms with Crippen LogP contribution in [0.1, 0.15) is 39.5 Å². The van der Waals surface area contributed by atoms with Gasteiger partial charge in [-0.1, -0.05) is 26.7 Å². The topological polar surface area (TPSA) is 47.6 Å². The molecular formula is C15H23NO3. The zero-order valence-corrected chi connectivity index (χ0v) is 11.8. The molecule has 0 bridgehead atoms. The van der Waals surface area contributed by atoms with Gasteiger partial charge in [0.05, 0.1) is 13.2 Å². The Labute approximate surface area is 115 Å². The molecule has 0 saturated carbocycles. The van der Waals surface area contributed by atoms with E-state index in [-0.39, 0.29) is 0 Å². The molecule has 0 aromatic heterocycles. The number of hydrogen-bond acceptors (Lipinski definition) is 3. The Morgan fingerprint density at radius 2 is 1.68 bits per heavy atom. The molecule has 1 N–H and O–H groups in total. The molecule has 0 fully saturated rings. The number of unbranched alkanes of at least 4 members (excludes halogenated alkanes) is 2. The minimum atomic E-state index is -0.409. The lowest BCUT2D eigenvalue weighted by atomic mass is 10.3. The smallest absolute Gasteiger partial charge is 0.411 e. The zero-order valence-electron chi connectivity index (χ0n) is 11.8. The number of nitrogens with one attached hydrogen (secondary N) is 1. The first-order chi connectivity index (χ1) is 9.26. The standard InChI is InChI=1S/C15H23NO3/c1-3-5-11-18-14-9-7-13(8-10-14)16-15(17)19-12-6-4-2/h7-10H,3-6,11-12H2,1-2H3,(H,16,17). The van der Waals surface area contributed by atoms with Crippen LogP contribution in [0.4, 0.5) is 10.5 Å². The predicted octanol–water partition coefficient (Wildman–Crippen LogP) is 4.21. The average Bonchev–Trinajstić information content (AvgIpc) is 2.41. The van der Waals surface area contributed by atoms with Crippen LogP contribution in [0.3, 0.4) is 0 Å². The van der Waals surface area contributed by atoms with Crippen molar-refractivity contribution in [3.05, 3.63) is 24.3 Å². The Kier molecular flexibility index (Phi) is 7.47. The minimum Gasteiger partial charge on any atom is -0.494 e. The molecule has 0 saturated heterocycles. The van der Waals surface area contributed by atoms with Crippen LogP contribution < -0.4 is 10.1 Å². The van der Waals surface area contributed by atoms with E-state index in [9.17, 15) is 4.79 Å². The third-order valence-corrected chi connectivity index (χ3v) is 2.60. The normalized spacial score (nSPS) is 10.0. The third-order valence-electron chi connectivity index (χ3n) is 2.60. The van der Waals surface area contributed by atoms with Crippen molar-refractivity contribution in [1.29, 1.82) is 0 Å². The Balaban J connectivity index is 2.32. The maximum absolute atomic E-state index is 11.4. The Bertz CT molecular complexity index is 362. The number of amides is 1. The summed E-state index contributed by atoms with van der Waals surface area (Å²) in [6.07, 6.45) is 3.65. The van der Waals surface area contributed by atoms with Crippen molar-refractivity contribution >= 4 is 11.8 Å². The van der Waals surface area contributed by atoms with Gasteiger partial charge in [0.15, 0.2) is 0 Å². The number of hydrogen-bond donors (Lipinski definition) is 1. The first-order valence-corrected chi connectivity index (χ1v) is 6.93. The average molecular weight is 265 g/mol. The minimum absolute atomic E-state index is 0.409. The van der Waals surface area contributed by atoms with E-state index in [1.165, 1.54) is 0 Å². The Morgan fingerprint density at radius 1 is 1.05 bits per heavy atom. The molecule has 0 aliphatic rings. The van der Waals surface area contributed by atoms with Gasteiger partial charge in [0.2, 0.25) is 0 Å². The van der Waals surface area contributed by atoms with E-state index in [1.54, 1.807) is 0 Å². The van der Waals surface area contributed by atoms with Crippen LogP contribution in [0.2, 0.25) is 0 Å². The molecule has 4 heteroatoms. The predicted molar refractivity (Wildman–Crippen MR) is 76.7 cm³/mol. The summed E-state index contributed by atoms with van der Waals surface area (Å²) in [5, 5.41) is 2.68. The van der Waals surface area contributed by atoms with E-state index in [0.29, 0.717) is 12.3 Å². The number of ether oxygens (including phenoxy) is 2. The molecule has 0 atom stereocenters. The molecule has 1 amide bonds. The summed E-state index contributed by atoms with van der Waals surface area (Å²) in [4.78, 5) is 11.4. The summed E-state index contributed by atoms with van der Waals surface area (Å²) in [6.45, 7) is 5.36. The van der Waals surface area contributed by atoms with Gasteiger partial charge in [-0.05, 0) is 37.1 Å². The van der Waals surface area contributed by atoms with Crippen molar-refractivity contribution in [3.63, 3.8) is 0 Å². The molecule has 4 nitrogen and oxygen atoms in total. The second-order valence-electron chi connectivity index (χ2n) is 4.34. The lowest BCUT2D eigenvalue weighted by Crippen LogP contribution is -2.14. The van der Waals surface area contributed by atoms with E-state index in [1.807, 2.05) is 24.3 Å². The van der Waals surface area contributed by atoms with Gasteiger partial charge in [0.25, 0.3) is 0 Å². The highest BCUT2D eigenvalue weighted by Crippen LogP contribution is 2.16. The highest BCUT2D eigenvalue weighted by atomic mass is 16.5. The summed E-state index contributed by atoms with van der Waals surface area (Å²) in [6, 6.07) is 7.30. The molecule has 106 valence electrons. The van der Waals surface area contributed by atoms with Crippen molar-refractivity contribution < 1.29 is 14.3 Å². The van der Waals surface area contributed by atoms with Gasteiger partial charge in [-0.2, -0.15) is 0 Å². The van der Waals surface area contributed by atoms with E-state index < -0.39 is 6.09 Å². The van der Waals surface area contributed by atoms with Gasteiger partial charge in [0, 0.05) is 5.69 Å². The molecule has 0 unspecified atom stereocenters. The van der Waals surface area contributed by atoms with Crippen LogP contribution in [-0.2, 0) is 4.74 Å². The van der Waals surface area contributed by atoms with Gasteiger partial charge in [-0.25, -0.2) is 4.79 Å². The molecule has 1 aromatic rings. The van der Waals surface area contributed by atoms with Gasteiger partial charge >= 0.3 is 6.09 Å². The maximum Gasteiger partial charge on any atom is 0.411 e. The van der Waals surface area contributed by atoms with Crippen LogP contribution in [0, 0.1) is 0 Å². The summed E-state index contributed by atoms with van der Waals surface area (Å²) in [5.41, 5.74) is 0.712. The first-order valence-electron chi connectivity index (χ1n) is 6.93. The number of rotatable bonds is 8. The van der Waals surface area contributed by atoms with E-state index in [2.05, 4.69) is 19.2 Å². The lowest BCUT2D eigenvalue weighted by Gasteiger charge is -2.08. The van der Waals surface area contributed by atoms with E-state index in [0.717, 1.165) is 38.0 Å². The third kappa shape index (κ3) is 6.70. The van der Waals surface area contributed by atoms with Crippen LogP contribution in [0.25, 0.3) is 0 Å². The second kappa shape index (κ2) is 9.25. The largest absolute Gasteiger partial charge is 0.494 e. The monoisotopic (exact) mass is 265 g/mol. The molecule has 1 aromatic carbocycles. The fourth-order valence-corrected chi connectivity index (χ4v) is 1.43. The highest BCUT2D eigenvalue weighted by molar-refractivity contribution is 5.84. The van der Waals surface area contributed by atoms with Crippen molar-refractivity contribution in [1.82, 2.24) is 0 Å². The van der Waals surface area contributed by atoms with Gasteiger partial charge in [-0.15, -0.1) is 0 Å². The fourth-order valence-electron chi connectivity index (χ4n) is 1.43. The summed E-state index contributed by atoms with van der Waals surface area (Å²) in [7, 11) is 0.